The van der Waals surface area contributed by atoms with E-state index in [1.807, 2.05) is 13.0 Å². The second kappa shape index (κ2) is 7.11. The second-order valence-corrected chi connectivity index (χ2v) is 6.24. The van der Waals surface area contributed by atoms with Crippen molar-refractivity contribution in [1.29, 1.82) is 0 Å². The molecule has 0 bridgehead atoms. The van der Waals surface area contributed by atoms with Crippen LogP contribution in [0.15, 0.2) is 36.4 Å². The molecular weight excluding hydrogens is 348 g/mol. The highest BCUT2D eigenvalue weighted by Gasteiger charge is 2.33. The standard InChI is InChI=1S/C20H20N2O5/c1-11(12-6-8-16(26-3)17(10-12)27-4)21-18(23)13-5-7-14-15(9-13)20(25)22(2)19(14)24/h5-11H,1-4H3,(H,21,23). The van der Waals surface area contributed by atoms with Gasteiger partial charge >= 0.3 is 0 Å². The first kappa shape index (κ1) is 18.4. The summed E-state index contributed by atoms with van der Waals surface area (Å²) in [6, 6.07) is 9.61. The smallest absolute Gasteiger partial charge is 0.261 e. The van der Waals surface area contributed by atoms with E-state index < -0.39 is 5.91 Å². The van der Waals surface area contributed by atoms with Crippen LogP contribution in [0.4, 0.5) is 0 Å². The Labute approximate surface area is 156 Å². The first-order valence-electron chi connectivity index (χ1n) is 8.36. The predicted molar refractivity (Wildman–Crippen MR) is 98.3 cm³/mol. The Morgan fingerprint density at radius 2 is 1.63 bits per heavy atom. The fourth-order valence-electron chi connectivity index (χ4n) is 2.99. The molecule has 0 spiro atoms. The molecule has 3 amide bonds. The molecule has 2 aromatic carbocycles. The lowest BCUT2D eigenvalue weighted by molar-refractivity contribution is 0.0693. The molecule has 0 saturated carbocycles. The number of nitrogens with zero attached hydrogens (tertiary/aromatic N) is 1. The summed E-state index contributed by atoms with van der Waals surface area (Å²) in [6.45, 7) is 1.84. The minimum absolute atomic E-state index is 0.244. The number of rotatable bonds is 5. The molecule has 7 heteroatoms. The monoisotopic (exact) mass is 368 g/mol. The molecule has 1 aliphatic rings. The number of benzene rings is 2. The van der Waals surface area contributed by atoms with Gasteiger partial charge in [0, 0.05) is 12.6 Å². The molecule has 0 radical (unpaired) electrons. The highest BCUT2D eigenvalue weighted by molar-refractivity contribution is 6.21. The lowest BCUT2D eigenvalue weighted by Gasteiger charge is -2.17. The maximum Gasteiger partial charge on any atom is 0.261 e. The minimum Gasteiger partial charge on any atom is -0.493 e. The number of methoxy groups -OCH3 is 2. The Morgan fingerprint density at radius 3 is 2.30 bits per heavy atom. The topological polar surface area (TPSA) is 84.9 Å². The van der Waals surface area contributed by atoms with E-state index >= 15 is 0 Å². The highest BCUT2D eigenvalue weighted by atomic mass is 16.5. The maximum absolute atomic E-state index is 12.6. The molecule has 0 saturated heterocycles. The Bertz CT molecular complexity index is 938. The average Bonchev–Trinajstić information content (AvgIpc) is 2.91. The first-order chi connectivity index (χ1) is 12.9. The molecule has 0 fully saturated rings. The van der Waals surface area contributed by atoms with Crippen molar-refractivity contribution in [2.24, 2.45) is 0 Å². The highest BCUT2D eigenvalue weighted by Crippen LogP contribution is 2.30. The van der Waals surface area contributed by atoms with E-state index in [2.05, 4.69) is 5.32 Å². The van der Waals surface area contributed by atoms with E-state index in [1.54, 1.807) is 32.4 Å². The third-order valence-corrected chi connectivity index (χ3v) is 4.61. The second-order valence-electron chi connectivity index (χ2n) is 6.24. The van der Waals surface area contributed by atoms with Crippen LogP contribution < -0.4 is 14.8 Å². The summed E-state index contributed by atoms with van der Waals surface area (Å²) in [4.78, 5) is 37.7. The van der Waals surface area contributed by atoms with E-state index in [-0.39, 0.29) is 23.4 Å². The fourth-order valence-corrected chi connectivity index (χ4v) is 2.99. The number of carbonyl (C=O) groups is 3. The van der Waals surface area contributed by atoms with Crippen LogP contribution in [0.5, 0.6) is 11.5 Å². The molecule has 1 atom stereocenters. The summed E-state index contributed by atoms with van der Waals surface area (Å²) in [5.41, 5.74) is 1.71. The number of fused-ring (bicyclic) bond motifs is 1. The fraction of sp³-hybridized carbons (Fsp3) is 0.250. The number of carbonyl (C=O) groups excluding carboxylic acids is 3. The Hall–Kier alpha value is -3.35. The molecule has 1 N–H and O–H groups in total. The van der Waals surface area contributed by atoms with Crippen molar-refractivity contribution in [3.05, 3.63) is 58.7 Å². The van der Waals surface area contributed by atoms with Crippen molar-refractivity contribution in [2.75, 3.05) is 21.3 Å². The van der Waals surface area contributed by atoms with Gasteiger partial charge in [-0.15, -0.1) is 0 Å². The van der Waals surface area contributed by atoms with Crippen LogP contribution in [0, 0.1) is 0 Å². The van der Waals surface area contributed by atoms with Crippen LogP contribution >= 0.6 is 0 Å². The lowest BCUT2D eigenvalue weighted by atomic mass is 10.0. The maximum atomic E-state index is 12.6. The van der Waals surface area contributed by atoms with Crippen molar-refractivity contribution in [1.82, 2.24) is 10.2 Å². The van der Waals surface area contributed by atoms with Gasteiger partial charge in [0.05, 0.1) is 31.4 Å². The summed E-state index contributed by atoms with van der Waals surface area (Å²) < 4.78 is 10.5. The van der Waals surface area contributed by atoms with Gasteiger partial charge in [0.25, 0.3) is 17.7 Å². The largest absolute Gasteiger partial charge is 0.493 e. The molecular formula is C20H20N2O5. The van der Waals surface area contributed by atoms with Gasteiger partial charge in [-0.2, -0.15) is 0 Å². The zero-order valence-electron chi connectivity index (χ0n) is 15.5. The van der Waals surface area contributed by atoms with E-state index in [0.29, 0.717) is 22.6 Å². The molecule has 1 unspecified atom stereocenters. The SMILES string of the molecule is COc1ccc(C(C)NC(=O)c2ccc3c(c2)C(=O)N(C)C3=O)cc1OC. The number of hydrogen-bond acceptors (Lipinski definition) is 5. The summed E-state index contributed by atoms with van der Waals surface area (Å²) >= 11 is 0. The van der Waals surface area contributed by atoms with E-state index in [4.69, 9.17) is 9.47 Å². The molecule has 2 aromatic rings. The summed E-state index contributed by atoms with van der Waals surface area (Å²) in [6.07, 6.45) is 0. The average molecular weight is 368 g/mol. The van der Waals surface area contributed by atoms with Crippen molar-refractivity contribution >= 4 is 17.7 Å². The predicted octanol–water partition coefficient (Wildman–Crippen LogP) is 2.42. The van der Waals surface area contributed by atoms with Gasteiger partial charge in [-0.1, -0.05) is 6.07 Å². The lowest BCUT2D eigenvalue weighted by Crippen LogP contribution is -2.27. The van der Waals surface area contributed by atoms with Gasteiger partial charge in [0.2, 0.25) is 0 Å². The van der Waals surface area contributed by atoms with Crippen LogP contribution in [-0.2, 0) is 0 Å². The van der Waals surface area contributed by atoms with Crippen molar-refractivity contribution in [3.8, 4) is 11.5 Å². The molecule has 1 heterocycles. The summed E-state index contributed by atoms with van der Waals surface area (Å²) in [5, 5.41) is 2.88. The quantitative estimate of drug-likeness (QED) is 0.820. The van der Waals surface area contributed by atoms with Crippen molar-refractivity contribution < 1.29 is 23.9 Å². The number of imide groups is 1. The van der Waals surface area contributed by atoms with Crippen molar-refractivity contribution in [2.45, 2.75) is 13.0 Å². The van der Waals surface area contributed by atoms with Crippen LogP contribution in [0.3, 0.4) is 0 Å². The zero-order chi connectivity index (χ0) is 19.7. The third-order valence-electron chi connectivity index (χ3n) is 4.61. The van der Waals surface area contributed by atoms with Gasteiger partial charge in [0.15, 0.2) is 11.5 Å². The van der Waals surface area contributed by atoms with Gasteiger partial charge in [-0.05, 0) is 42.8 Å². The number of hydrogen-bond donors (Lipinski definition) is 1. The van der Waals surface area contributed by atoms with E-state index in [9.17, 15) is 14.4 Å². The van der Waals surface area contributed by atoms with Crippen LogP contribution in [0.1, 0.15) is 49.6 Å². The van der Waals surface area contributed by atoms with Gasteiger partial charge in [-0.3, -0.25) is 19.3 Å². The number of nitrogens with one attached hydrogen (secondary N) is 1. The molecule has 0 aromatic heterocycles. The summed E-state index contributed by atoms with van der Waals surface area (Å²) in [7, 11) is 4.52. The van der Waals surface area contributed by atoms with Crippen LogP contribution in [0.25, 0.3) is 0 Å². The molecule has 3 rings (SSSR count). The summed E-state index contributed by atoms with van der Waals surface area (Å²) in [5.74, 6) is 0.0691. The number of amides is 3. The first-order valence-corrected chi connectivity index (χ1v) is 8.36. The third kappa shape index (κ3) is 3.23. The molecule has 1 aliphatic heterocycles. The minimum atomic E-state index is -0.405. The Morgan fingerprint density at radius 1 is 0.963 bits per heavy atom. The molecule has 27 heavy (non-hydrogen) atoms. The molecule has 140 valence electrons. The number of ether oxygens (including phenoxy) is 2. The Kier molecular flexibility index (Phi) is 4.85. The molecule has 0 aliphatic carbocycles. The van der Waals surface area contributed by atoms with Gasteiger partial charge < -0.3 is 14.8 Å². The van der Waals surface area contributed by atoms with Gasteiger partial charge in [0.1, 0.15) is 0 Å². The molecule has 7 nitrogen and oxygen atoms in total. The van der Waals surface area contributed by atoms with Crippen molar-refractivity contribution in [3.63, 3.8) is 0 Å². The normalized spacial score (nSPS) is 14.0. The van der Waals surface area contributed by atoms with Crippen LogP contribution in [0.2, 0.25) is 0 Å². The van der Waals surface area contributed by atoms with Gasteiger partial charge in [-0.25, -0.2) is 0 Å². The van der Waals surface area contributed by atoms with E-state index in [1.165, 1.54) is 19.2 Å². The van der Waals surface area contributed by atoms with Crippen LogP contribution in [-0.4, -0.2) is 43.9 Å². The zero-order valence-corrected chi connectivity index (χ0v) is 15.5. The van der Waals surface area contributed by atoms with E-state index in [0.717, 1.165) is 10.5 Å². The Balaban J connectivity index is 1.80.